The number of rotatable bonds is 8. The molecule has 2 aromatic rings. The molecule has 0 saturated heterocycles. The van der Waals surface area contributed by atoms with Gasteiger partial charge in [0.2, 0.25) is 5.91 Å². The van der Waals surface area contributed by atoms with E-state index in [4.69, 9.17) is 0 Å². The van der Waals surface area contributed by atoms with E-state index >= 15 is 0 Å². The summed E-state index contributed by atoms with van der Waals surface area (Å²) in [7, 11) is 3.80. The van der Waals surface area contributed by atoms with Gasteiger partial charge in [0, 0.05) is 38.4 Å². The largest absolute Gasteiger partial charge is 0.377 e. The van der Waals surface area contributed by atoms with Gasteiger partial charge in [0.15, 0.2) is 0 Å². The monoisotopic (exact) mass is 409 g/mol. The maximum atomic E-state index is 12.9. The number of nitrogens with zero attached hydrogens (tertiary/aromatic N) is 1. The zero-order chi connectivity index (χ0) is 22.3. The van der Waals surface area contributed by atoms with Gasteiger partial charge in [-0.2, -0.15) is 0 Å². The first kappa shape index (κ1) is 23.5. The second-order valence-electron chi connectivity index (χ2n) is 9.42. The summed E-state index contributed by atoms with van der Waals surface area (Å²) in [4.78, 5) is 27.3. The molecule has 0 aliphatic carbocycles. The molecule has 0 bridgehead atoms. The van der Waals surface area contributed by atoms with E-state index in [0.29, 0.717) is 30.1 Å². The van der Waals surface area contributed by atoms with Crippen molar-refractivity contribution in [2.24, 2.45) is 11.3 Å². The van der Waals surface area contributed by atoms with Crippen LogP contribution in [0, 0.1) is 11.3 Å². The Morgan fingerprint density at radius 1 is 1.03 bits per heavy atom. The molecule has 1 atom stereocenters. The lowest BCUT2D eigenvalue weighted by atomic mass is 9.84. The van der Waals surface area contributed by atoms with Gasteiger partial charge < -0.3 is 15.5 Å². The van der Waals surface area contributed by atoms with E-state index in [0.717, 1.165) is 17.7 Å². The Bertz CT molecular complexity index is 854. The van der Waals surface area contributed by atoms with Crippen molar-refractivity contribution in [3.8, 4) is 0 Å². The maximum Gasteiger partial charge on any atom is 0.253 e. The lowest BCUT2D eigenvalue weighted by Crippen LogP contribution is -2.26. The molecule has 162 valence electrons. The smallest absolute Gasteiger partial charge is 0.253 e. The van der Waals surface area contributed by atoms with Gasteiger partial charge in [-0.1, -0.05) is 58.0 Å². The van der Waals surface area contributed by atoms with Crippen molar-refractivity contribution in [1.82, 2.24) is 5.32 Å². The SMILES string of the molecule is C[C@H](CC(=O)Nc1ccc(N(C)C)c(C(=O)NCc2ccccc2)c1)CC(C)(C)C. The Balaban J connectivity index is 2.09. The van der Waals surface area contributed by atoms with E-state index < -0.39 is 0 Å². The molecule has 2 amide bonds. The highest BCUT2D eigenvalue weighted by Crippen LogP contribution is 2.27. The van der Waals surface area contributed by atoms with Crippen molar-refractivity contribution in [3.05, 3.63) is 59.7 Å². The first-order chi connectivity index (χ1) is 14.0. The van der Waals surface area contributed by atoms with E-state index in [-0.39, 0.29) is 17.2 Å². The highest BCUT2D eigenvalue weighted by molar-refractivity contribution is 6.02. The van der Waals surface area contributed by atoms with Crippen molar-refractivity contribution in [2.45, 2.75) is 47.1 Å². The minimum atomic E-state index is -0.167. The third kappa shape index (κ3) is 7.54. The van der Waals surface area contributed by atoms with Gasteiger partial charge >= 0.3 is 0 Å². The van der Waals surface area contributed by atoms with E-state index in [1.54, 1.807) is 6.07 Å². The predicted octanol–water partition coefficient (Wildman–Crippen LogP) is 5.08. The summed E-state index contributed by atoms with van der Waals surface area (Å²) >= 11 is 0. The molecule has 0 heterocycles. The molecule has 30 heavy (non-hydrogen) atoms. The highest BCUT2D eigenvalue weighted by atomic mass is 16.2. The molecule has 0 radical (unpaired) electrons. The number of hydrogen-bond acceptors (Lipinski definition) is 3. The van der Waals surface area contributed by atoms with Crippen LogP contribution in [0.15, 0.2) is 48.5 Å². The molecule has 2 N–H and O–H groups in total. The van der Waals surface area contributed by atoms with Crippen LogP contribution >= 0.6 is 0 Å². The third-order valence-electron chi connectivity index (χ3n) is 4.80. The molecule has 0 aliphatic heterocycles. The molecular weight excluding hydrogens is 374 g/mol. The fourth-order valence-corrected chi connectivity index (χ4v) is 3.71. The molecule has 0 aliphatic rings. The molecular formula is C25H35N3O2. The van der Waals surface area contributed by atoms with Gasteiger partial charge in [0.05, 0.1) is 5.56 Å². The summed E-state index contributed by atoms with van der Waals surface area (Å²) in [6, 6.07) is 15.3. The molecule has 0 unspecified atom stereocenters. The van der Waals surface area contributed by atoms with Crippen LogP contribution in [0.2, 0.25) is 0 Å². The van der Waals surface area contributed by atoms with Crippen LogP contribution < -0.4 is 15.5 Å². The normalized spacial score (nSPS) is 12.2. The van der Waals surface area contributed by atoms with E-state index in [9.17, 15) is 9.59 Å². The van der Waals surface area contributed by atoms with E-state index in [2.05, 4.69) is 38.3 Å². The Morgan fingerprint density at radius 2 is 1.70 bits per heavy atom. The molecule has 0 spiro atoms. The molecule has 0 fully saturated rings. The second-order valence-corrected chi connectivity index (χ2v) is 9.42. The van der Waals surface area contributed by atoms with Gasteiger partial charge in [0.25, 0.3) is 5.91 Å². The minimum Gasteiger partial charge on any atom is -0.377 e. The number of benzene rings is 2. The number of amides is 2. The summed E-state index contributed by atoms with van der Waals surface area (Å²) in [6.07, 6.45) is 1.44. The van der Waals surface area contributed by atoms with Crippen LogP contribution in [0.3, 0.4) is 0 Å². The van der Waals surface area contributed by atoms with Crippen LogP contribution in [0.4, 0.5) is 11.4 Å². The zero-order valence-corrected chi connectivity index (χ0v) is 19.1. The molecule has 5 heteroatoms. The molecule has 0 saturated carbocycles. The zero-order valence-electron chi connectivity index (χ0n) is 19.1. The van der Waals surface area contributed by atoms with Crippen molar-refractivity contribution in [3.63, 3.8) is 0 Å². The lowest BCUT2D eigenvalue weighted by Gasteiger charge is -2.23. The summed E-state index contributed by atoms with van der Waals surface area (Å²) in [5, 5.41) is 5.93. The lowest BCUT2D eigenvalue weighted by molar-refractivity contribution is -0.117. The van der Waals surface area contributed by atoms with Gasteiger partial charge in [-0.05, 0) is 41.5 Å². The molecule has 2 rings (SSSR count). The summed E-state index contributed by atoms with van der Waals surface area (Å²) < 4.78 is 0. The molecule has 5 nitrogen and oxygen atoms in total. The first-order valence-electron chi connectivity index (χ1n) is 10.5. The second kappa shape index (κ2) is 10.3. The van der Waals surface area contributed by atoms with Gasteiger partial charge in [-0.25, -0.2) is 0 Å². The van der Waals surface area contributed by atoms with Crippen LogP contribution in [-0.4, -0.2) is 25.9 Å². The number of hydrogen-bond donors (Lipinski definition) is 2. The Kier molecular flexibility index (Phi) is 8.04. The minimum absolute atomic E-state index is 0.0278. The van der Waals surface area contributed by atoms with Crippen LogP contribution in [0.25, 0.3) is 0 Å². The first-order valence-corrected chi connectivity index (χ1v) is 10.5. The Hall–Kier alpha value is -2.82. The fraction of sp³-hybridized carbons (Fsp3) is 0.440. The average Bonchev–Trinajstić information content (AvgIpc) is 2.65. The average molecular weight is 410 g/mol. The number of anilines is 2. The van der Waals surface area contributed by atoms with Gasteiger partial charge in [0.1, 0.15) is 0 Å². The number of nitrogens with one attached hydrogen (secondary N) is 2. The van der Waals surface area contributed by atoms with Crippen LogP contribution in [0.5, 0.6) is 0 Å². The van der Waals surface area contributed by atoms with Crippen molar-refractivity contribution < 1.29 is 9.59 Å². The fourth-order valence-electron chi connectivity index (χ4n) is 3.71. The molecule has 2 aromatic carbocycles. The van der Waals surface area contributed by atoms with Crippen LogP contribution in [-0.2, 0) is 11.3 Å². The standard InChI is InChI=1S/C25H35N3O2/c1-18(16-25(2,3)4)14-23(29)27-20-12-13-22(28(5)6)21(15-20)24(30)26-17-19-10-8-7-9-11-19/h7-13,15,18H,14,16-17H2,1-6H3,(H,26,30)(H,27,29)/t18-/m1/s1. The van der Waals surface area contributed by atoms with Gasteiger partial charge in [-0.3, -0.25) is 9.59 Å². The molecule has 0 aromatic heterocycles. The number of carbonyl (C=O) groups excluding carboxylic acids is 2. The summed E-state index contributed by atoms with van der Waals surface area (Å²) in [5.41, 5.74) is 3.21. The van der Waals surface area contributed by atoms with E-state index in [1.165, 1.54) is 0 Å². The topological polar surface area (TPSA) is 61.4 Å². The quantitative estimate of drug-likeness (QED) is 0.639. The van der Waals surface area contributed by atoms with Crippen LogP contribution in [0.1, 0.15) is 56.5 Å². The summed E-state index contributed by atoms with van der Waals surface area (Å²) in [5.74, 6) is 0.0967. The van der Waals surface area contributed by atoms with Gasteiger partial charge in [-0.15, -0.1) is 0 Å². The Labute approximate surface area is 180 Å². The Morgan fingerprint density at radius 3 is 2.30 bits per heavy atom. The third-order valence-corrected chi connectivity index (χ3v) is 4.80. The van der Waals surface area contributed by atoms with Crippen molar-refractivity contribution in [2.75, 3.05) is 24.3 Å². The highest BCUT2D eigenvalue weighted by Gasteiger charge is 2.19. The number of carbonyl (C=O) groups is 2. The predicted molar refractivity (Wildman–Crippen MR) is 125 cm³/mol. The summed E-state index contributed by atoms with van der Waals surface area (Å²) in [6.45, 7) is 9.10. The van der Waals surface area contributed by atoms with Crippen molar-refractivity contribution in [1.29, 1.82) is 0 Å². The van der Waals surface area contributed by atoms with E-state index in [1.807, 2.05) is 61.5 Å². The van der Waals surface area contributed by atoms with Crippen molar-refractivity contribution >= 4 is 23.2 Å². The maximum absolute atomic E-state index is 12.9.